The minimum Gasteiger partial charge on any atom is -0.340 e. The second kappa shape index (κ2) is 4.82. The Bertz CT molecular complexity index is 494. The second-order valence-corrected chi connectivity index (χ2v) is 6.32. The number of hydrogen-bond acceptors (Lipinski definition) is 4. The molecule has 1 aromatic carbocycles. The topological polar surface area (TPSA) is 61.6 Å². The van der Waals surface area contributed by atoms with E-state index in [1.807, 2.05) is 34.6 Å². The molecule has 2 atom stereocenters. The number of ether oxygens (including phenoxy) is 2. The van der Waals surface area contributed by atoms with Gasteiger partial charge in [0.25, 0.3) is 5.69 Å². The van der Waals surface area contributed by atoms with Gasteiger partial charge in [-0.3, -0.25) is 10.1 Å². The van der Waals surface area contributed by atoms with Gasteiger partial charge in [-0.2, -0.15) is 0 Å². The zero-order valence-electron chi connectivity index (χ0n) is 12.5. The van der Waals surface area contributed by atoms with Gasteiger partial charge in [0.15, 0.2) is 0 Å². The van der Waals surface area contributed by atoms with Gasteiger partial charge in [0.1, 0.15) is 0 Å². The summed E-state index contributed by atoms with van der Waals surface area (Å²) in [6, 6.07) is 6.41. The Morgan fingerprint density at radius 3 is 1.90 bits per heavy atom. The maximum Gasteiger partial charge on any atom is 0.269 e. The van der Waals surface area contributed by atoms with Crippen LogP contribution in [0.4, 0.5) is 5.69 Å². The fourth-order valence-corrected chi connectivity index (χ4v) is 2.47. The highest BCUT2D eigenvalue weighted by atomic mass is 16.8. The van der Waals surface area contributed by atoms with Gasteiger partial charge in [0, 0.05) is 23.1 Å². The third-order valence-electron chi connectivity index (χ3n) is 3.81. The summed E-state index contributed by atoms with van der Waals surface area (Å²) in [5, 5.41) is 10.8. The molecule has 5 nitrogen and oxygen atoms in total. The van der Waals surface area contributed by atoms with E-state index in [-0.39, 0.29) is 23.3 Å². The molecule has 1 aromatic rings. The summed E-state index contributed by atoms with van der Waals surface area (Å²) in [4.78, 5) is 10.3. The summed E-state index contributed by atoms with van der Waals surface area (Å²) in [6.45, 7) is 10.1. The molecule has 2 rings (SSSR count). The molecule has 0 amide bonds. The highest BCUT2D eigenvalue weighted by Crippen LogP contribution is 2.49. The molecule has 0 saturated carbocycles. The summed E-state index contributed by atoms with van der Waals surface area (Å²) in [5.41, 5.74) is 0.589. The Morgan fingerprint density at radius 1 is 1.10 bits per heavy atom. The standard InChI is InChI=1S/C15H21NO4/c1-10-11(2)20-15(19-10,14(3,4)5)12-6-8-13(9-7-12)16(17)18/h6-11H,1-5H3. The molecule has 0 aliphatic carbocycles. The summed E-state index contributed by atoms with van der Waals surface area (Å²) in [7, 11) is 0. The number of rotatable bonds is 2. The van der Waals surface area contributed by atoms with Gasteiger partial charge in [-0.1, -0.05) is 20.8 Å². The zero-order chi connectivity index (χ0) is 15.1. The molecule has 0 spiro atoms. The number of non-ortho nitro benzene ring substituents is 1. The molecule has 1 heterocycles. The first-order valence-corrected chi connectivity index (χ1v) is 6.78. The molecule has 0 bridgehead atoms. The molecule has 1 aliphatic heterocycles. The quantitative estimate of drug-likeness (QED) is 0.612. The summed E-state index contributed by atoms with van der Waals surface area (Å²) in [5.74, 6) is -0.874. The first-order valence-electron chi connectivity index (χ1n) is 6.78. The van der Waals surface area contributed by atoms with E-state index in [1.54, 1.807) is 12.1 Å². The minimum atomic E-state index is -0.874. The van der Waals surface area contributed by atoms with Crippen molar-refractivity contribution in [1.29, 1.82) is 0 Å². The van der Waals surface area contributed by atoms with Crippen molar-refractivity contribution in [3.05, 3.63) is 39.9 Å². The van der Waals surface area contributed by atoms with E-state index in [0.717, 1.165) is 5.56 Å². The lowest BCUT2D eigenvalue weighted by atomic mass is 9.80. The normalized spacial score (nSPS) is 30.4. The van der Waals surface area contributed by atoms with Gasteiger partial charge in [-0.05, 0) is 26.0 Å². The highest BCUT2D eigenvalue weighted by Gasteiger charge is 2.53. The lowest BCUT2D eigenvalue weighted by Crippen LogP contribution is -2.41. The first-order chi connectivity index (χ1) is 9.17. The summed E-state index contributed by atoms with van der Waals surface area (Å²) < 4.78 is 12.2. The van der Waals surface area contributed by atoms with Crippen LogP contribution in [0.15, 0.2) is 24.3 Å². The Kier molecular flexibility index (Phi) is 3.60. The third kappa shape index (κ3) is 2.31. The van der Waals surface area contributed by atoms with E-state index in [0.29, 0.717) is 0 Å². The van der Waals surface area contributed by atoms with Gasteiger partial charge in [-0.25, -0.2) is 0 Å². The average Bonchev–Trinajstić information content (AvgIpc) is 2.66. The molecular formula is C15H21NO4. The zero-order valence-corrected chi connectivity index (χ0v) is 12.5. The Labute approximate surface area is 119 Å². The molecule has 1 fully saturated rings. The van der Waals surface area contributed by atoms with Crippen LogP contribution in [0.2, 0.25) is 0 Å². The van der Waals surface area contributed by atoms with Crippen molar-refractivity contribution in [2.75, 3.05) is 0 Å². The van der Waals surface area contributed by atoms with Gasteiger partial charge < -0.3 is 9.47 Å². The van der Waals surface area contributed by atoms with Crippen molar-refractivity contribution >= 4 is 5.69 Å². The fraction of sp³-hybridized carbons (Fsp3) is 0.600. The van der Waals surface area contributed by atoms with Crippen LogP contribution in [0.25, 0.3) is 0 Å². The number of benzene rings is 1. The van der Waals surface area contributed by atoms with Gasteiger partial charge >= 0.3 is 0 Å². The number of nitro groups is 1. The SMILES string of the molecule is CC1OC(c2ccc([N+](=O)[O-])cc2)(C(C)(C)C)OC1C. The molecule has 0 N–H and O–H groups in total. The Morgan fingerprint density at radius 2 is 1.55 bits per heavy atom. The van der Waals surface area contributed by atoms with Crippen molar-refractivity contribution in [2.24, 2.45) is 5.41 Å². The average molecular weight is 279 g/mol. The second-order valence-electron chi connectivity index (χ2n) is 6.32. The summed E-state index contributed by atoms with van der Waals surface area (Å²) >= 11 is 0. The van der Waals surface area contributed by atoms with E-state index in [9.17, 15) is 10.1 Å². The monoisotopic (exact) mass is 279 g/mol. The number of nitrogens with zero attached hydrogens (tertiary/aromatic N) is 1. The van der Waals surface area contributed by atoms with Crippen LogP contribution in [0.3, 0.4) is 0 Å². The van der Waals surface area contributed by atoms with E-state index < -0.39 is 10.7 Å². The van der Waals surface area contributed by atoms with Gasteiger partial charge in [-0.15, -0.1) is 0 Å². The van der Waals surface area contributed by atoms with E-state index >= 15 is 0 Å². The van der Waals surface area contributed by atoms with E-state index in [2.05, 4.69) is 0 Å². The first kappa shape index (κ1) is 14.9. The van der Waals surface area contributed by atoms with Crippen LogP contribution < -0.4 is 0 Å². The van der Waals surface area contributed by atoms with Crippen LogP contribution in [0, 0.1) is 15.5 Å². The number of hydrogen-bond donors (Lipinski definition) is 0. The van der Waals surface area contributed by atoms with Crippen LogP contribution in [-0.2, 0) is 15.3 Å². The Hall–Kier alpha value is -1.46. The van der Waals surface area contributed by atoms with Crippen molar-refractivity contribution in [2.45, 2.75) is 52.6 Å². The predicted octanol–water partition coefficient (Wildman–Crippen LogP) is 3.62. The molecule has 20 heavy (non-hydrogen) atoms. The molecule has 1 saturated heterocycles. The third-order valence-corrected chi connectivity index (χ3v) is 3.81. The lowest BCUT2D eigenvalue weighted by Gasteiger charge is -2.40. The van der Waals surface area contributed by atoms with Crippen LogP contribution >= 0.6 is 0 Å². The maximum atomic E-state index is 10.8. The molecule has 5 heteroatoms. The molecular weight excluding hydrogens is 258 g/mol. The summed E-state index contributed by atoms with van der Waals surface area (Å²) in [6.07, 6.45) is -0.0474. The minimum absolute atomic E-state index is 0.0237. The molecule has 0 radical (unpaired) electrons. The fourth-order valence-electron chi connectivity index (χ4n) is 2.47. The van der Waals surface area contributed by atoms with E-state index in [4.69, 9.17) is 9.47 Å². The highest BCUT2D eigenvalue weighted by molar-refractivity contribution is 5.35. The van der Waals surface area contributed by atoms with Crippen molar-refractivity contribution < 1.29 is 14.4 Å². The number of nitro benzene ring substituents is 1. The van der Waals surface area contributed by atoms with E-state index in [1.165, 1.54) is 12.1 Å². The molecule has 110 valence electrons. The Balaban J connectivity index is 2.46. The molecule has 2 unspecified atom stereocenters. The van der Waals surface area contributed by atoms with Crippen molar-refractivity contribution in [1.82, 2.24) is 0 Å². The van der Waals surface area contributed by atoms with Crippen molar-refractivity contribution in [3.63, 3.8) is 0 Å². The maximum absolute atomic E-state index is 10.8. The molecule has 1 aliphatic rings. The van der Waals surface area contributed by atoms with Crippen LogP contribution in [0.5, 0.6) is 0 Å². The van der Waals surface area contributed by atoms with Crippen LogP contribution in [0.1, 0.15) is 40.2 Å². The largest absolute Gasteiger partial charge is 0.340 e. The smallest absolute Gasteiger partial charge is 0.269 e. The van der Waals surface area contributed by atoms with Crippen molar-refractivity contribution in [3.8, 4) is 0 Å². The lowest BCUT2D eigenvalue weighted by molar-refractivity contribution is -0.384. The van der Waals surface area contributed by atoms with Crippen LogP contribution in [-0.4, -0.2) is 17.1 Å². The molecule has 0 aromatic heterocycles. The predicted molar refractivity (Wildman–Crippen MR) is 75.3 cm³/mol. The van der Waals surface area contributed by atoms with Gasteiger partial charge in [0.2, 0.25) is 5.79 Å². The van der Waals surface area contributed by atoms with Gasteiger partial charge in [0.05, 0.1) is 17.1 Å².